The summed E-state index contributed by atoms with van der Waals surface area (Å²) in [6, 6.07) is 6.54. The van der Waals surface area contributed by atoms with Gasteiger partial charge in [0.2, 0.25) is 0 Å². The van der Waals surface area contributed by atoms with Crippen LogP contribution in [0.2, 0.25) is 30.7 Å². The van der Waals surface area contributed by atoms with Crippen LogP contribution in [0.25, 0.3) is 11.3 Å². The molecule has 0 spiro atoms. The van der Waals surface area contributed by atoms with Gasteiger partial charge in [0.15, 0.2) is 0 Å². The predicted molar refractivity (Wildman–Crippen MR) is 97.7 cm³/mol. The van der Waals surface area contributed by atoms with Gasteiger partial charge in [-0.2, -0.15) is 5.10 Å². The Morgan fingerprint density at radius 2 is 2.04 bits per heavy atom. The van der Waals surface area contributed by atoms with Crippen LogP contribution in [0.3, 0.4) is 0 Å². The van der Waals surface area contributed by atoms with E-state index >= 15 is 0 Å². The summed E-state index contributed by atoms with van der Waals surface area (Å²) in [6.45, 7) is 8.05. The second kappa shape index (κ2) is 7.38. The summed E-state index contributed by atoms with van der Waals surface area (Å²) in [5.74, 6) is 0.699. The van der Waals surface area contributed by atoms with E-state index in [1.807, 2.05) is 12.1 Å². The molecular weight excluding hydrogens is 330 g/mol. The van der Waals surface area contributed by atoms with Crippen LogP contribution in [0.15, 0.2) is 24.4 Å². The van der Waals surface area contributed by atoms with E-state index < -0.39 is 8.07 Å². The van der Waals surface area contributed by atoms with Gasteiger partial charge < -0.3 is 15.2 Å². The topological polar surface area (TPSA) is 62.3 Å². The van der Waals surface area contributed by atoms with Crippen LogP contribution in [0.1, 0.15) is 0 Å². The second-order valence-electron chi connectivity index (χ2n) is 6.64. The SMILES string of the molecule is COc1ccc(Cl)cc1-c1c(N)cnn1COCC[Si](C)(C)C. The quantitative estimate of drug-likeness (QED) is 0.601. The molecule has 1 heterocycles. The number of nitrogens with two attached hydrogens (primary N) is 1. The molecule has 2 rings (SSSR count). The molecule has 7 heteroatoms. The number of nitrogens with zero attached hydrogens (tertiary/aromatic N) is 2. The molecule has 23 heavy (non-hydrogen) atoms. The van der Waals surface area contributed by atoms with E-state index in [0.29, 0.717) is 23.2 Å². The average molecular weight is 354 g/mol. The van der Waals surface area contributed by atoms with Crippen molar-refractivity contribution in [3.05, 3.63) is 29.4 Å². The number of nitrogen functional groups attached to an aromatic ring is 1. The number of methoxy groups -OCH3 is 1. The van der Waals surface area contributed by atoms with Crippen LogP contribution < -0.4 is 10.5 Å². The summed E-state index contributed by atoms with van der Waals surface area (Å²) >= 11 is 6.12. The standard InChI is InChI=1S/C16H24ClN3O2Si/c1-21-15-6-5-12(17)9-13(15)16-14(18)10-19-20(16)11-22-7-8-23(2,3)4/h5-6,9-10H,7-8,11,18H2,1-4H3. The van der Waals surface area contributed by atoms with Crippen molar-refractivity contribution in [1.29, 1.82) is 0 Å². The maximum Gasteiger partial charge on any atom is 0.140 e. The molecule has 0 unspecified atom stereocenters. The zero-order chi connectivity index (χ0) is 17.0. The highest BCUT2D eigenvalue weighted by Crippen LogP contribution is 2.35. The molecule has 0 bridgehead atoms. The molecule has 1 aromatic heterocycles. The number of hydrogen-bond donors (Lipinski definition) is 1. The van der Waals surface area contributed by atoms with Crippen LogP contribution in [0, 0.1) is 0 Å². The number of rotatable bonds is 7. The van der Waals surface area contributed by atoms with Crippen molar-refractivity contribution in [2.24, 2.45) is 0 Å². The van der Waals surface area contributed by atoms with E-state index in [2.05, 4.69) is 24.7 Å². The zero-order valence-electron chi connectivity index (χ0n) is 14.1. The fourth-order valence-electron chi connectivity index (χ4n) is 2.19. The van der Waals surface area contributed by atoms with Crippen molar-refractivity contribution < 1.29 is 9.47 Å². The summed E-state index contributed by atoms with van der Waals surface area (Å²) in [5, 5.41) is 4.93. The summed E-state index contributed by atoms with van der Waals surface area (Å²) in [6.07, 6.45) is 1.62. The summed E-state index contributed by atoms with van der Waals surface area (Å²) in [4.78, 5) is 0. The lowest BCUT2D eigenvalue weighted by molar-refractivity contribution is 0.0798. The Labute approximate surface area is 143 Å². The summed E-state index contributed by atoms with van der Waals surface area (Å²) in [5.41, 5.74) is 8.23. The first-order valence-corrected chi connectivity index (χ1v) is 11.6. The van der Waals surface area contributed by atoms with E-state index in [9.17, 15) is 0 Å². The number of aromatic nitrogens is 2. The van der Waals surface area contributed by atoms with Gasteiger partial charge in [-0.05, 0) is 24.2 Å². The monoisotopic (exact) mass is 353 g/mol. The highest BCUT2D eigenvalue weighted by molar-refractivity contribution is 6.76. The van der Waals surface area contributed by atoms with Crippen molar-refractivity contribution in [2.45, 2.75) is 32.4 Å². The van der Waals surface area contributed by atoms with Gasteiger partial charge in [0, 0.05) is 25.3 Å². The highest BCUT2D eigenvalue weighted by atomic mass is 35.5. The first-order valence-electron chi connectivity index (χ1n) is 7.55. The minimum absolute atomic E-state index is 0.354. The van der Waals surface area contributed by atoms with E-state index in [1.54, 1.807) is 24.1 Å². The number of halogens is 1. The van der Waals surface area contributed by atoms with Gasteiger partial charge in [-0.3, -0.25) is 0 Å². The van der Waals surface area contributed by atoms with Crippen LogP contribution in [0.4, 0.5) is 5.69 Å². The van der Waals surface area contributed by atoms with Crippen molar-refractivity contribution in [3.63, 3.8) is 0 Å². The molecule has 0 saturated carbocycles. The molecule has 1 aromatic carbocycles. The van der Waals surface area contributed by atoms with E-state index in [4.69, 9.17) is 26.8 Å². The van der Waals surface area contributed by atoms with E-state index in [1.165, 1.54) is 0 Å². The Kier molecular flexibility index (Phi) is 5.72. The number of hydrogen-bond acceptors (Lipinski definition) is 4. The van der Waals surface area contributed by atoms with Crippen molar-refractivity contribution in [1.82, 2.24) is 9.78 Å². The van der Waals surface area contributed by atoms with Crippen molar-refractivity contribution in [2.75, 3.05) is 19.5 Å². The van der Waals surface area contributed by atoms with Crippen molar-refractivity contribution in [3.8, 4) is 17.0 Å². The largest absolute Gasteiger partial charge is 0.496 e. The molecule has 5 nitrogen and oxygen atoms in total. The van der Waals surface area contributed by atoms with Crippen molar-refractivity contribution >= 4 is 25.4 Å². The molecule has 0 atom stereocenters. The van der Waals surface area contributed by atoms with Gasteiger partial charge in [0.25, 0.3) is 0 Å². The first kappa shape index (κ1) is 17.8. The average Bonchev–Trinajstić information content (AvgIpc) is 2.83. The molecule has 0 aliphatic carbocycles. The maximum absolute atomic E-state index is 6.12. The molecule has 0 amide bonds. The van der Waals surface area contributed by atoms with Crippen LogP contribution >= 0.6 is 11.6 Å². The molecule has 0 radical (unpaired) electrons. The third-order valence-corrected chi connectivity index (χ3v) is 5.43. The molecular formula is C16H24ClN3O2Si. The Morgan fingerprint density at radius 1 is 1.30 bits per heavy atom. The van der Waals surface area contributed by atoms with E-state index in [-0.39, 0.29) is 0 Å². The zero-order valence-corrected chi connectivity index (χ0v) is 15.9. The van der Waals surface area contributed by atoms with Gasteiger partial charge in [-0.1, -0.05) is 31.2 Å². The normalized spacial score (nSPS) is 11.7. The molecule has 2 N–H and O–H groups in total. The second-order valence-corrected chi connectivity index (χ2v) is 12.7. The lowest BCUT2D eigenvalue weighted by Gasteiger charge is -2.16. The van der Waals surface area contributed by atoms with Gasteiger partial charge in [-0.15, -0.1) is 0 Å². The number of benzene rings is 1. The Morgan fingerprint density at radius 3 is 2.70 bits per heavy atom. The fourth-order valence-corrected chi connectivity index (χ4v) is 3.12. The Bertz CT molecular complexity index is 668. The molecule has 126 valence electrons. The van der Waals surface area contributed by atoms with E-state index in [0.717, 1.165) is 23.9 Å². The van der Waals surface area contributed by atoms with Crippen LogP contribution in [-0.2, 0) is 11.5 Å². The molecule has 0 aliphatic rings. The number of anilines is 1. The minimum atomic E-state index is -1.11. The minimum Gasteiger partial charge on any atom is -0.496 e. The van der Waals surface area contributed by atoms with Crippen LogP contribution in [0.5, 0.6) is 5.75 Å². The molecule has 0 fully saturated rings. The first-order chi connectivity index (χ1) is 10.8. The predicted octanol–water partition coefficient (Wildman–Crippen LogP) is 4.11. The summed E-state index contributed by atoms with van der Waals surface area (Å²) < 4.78 is 12.9. The Hall–Kier alpha value is -1.50. The highest BCUT2D eigenvalue weighted by Gasteiger charge is 2.17. The van der Waals surface area contributed by atoms with Crippen LogP contribution in [-0.4, -0.2) is 31.6 Å². The smallest absolute Gasteiger partial charge is 0.140 e. The molecule has 0 aliphatic heterocycles. The Balaban J connectivity index is 2.21. The third kappa shape index (κ3) is 4.73. The molecule has 0 saturated heterocycles. The number of ether oxygens (including phenoxy) is 2. The maximum atomic E-state index is 6.12. The lowest BCUT2D eigenvalue weighted by Crippen LogP contribution is -2.22. The van der Waals surface area contributed by atoms with Gasteiger partial charge in [0.05, 0.1) is 24.7 Å². The van der Waals surface area contributed by atoms with Gasteiger partial charge in [-0.25, -0.2) is 4.68 Å². The third-order valence-electron chi connectivity index (χ3n) is 3.49. The summed E-state index contributed by atoms with van der Waals surface area (Å²) in [7, 11) is 0.512. The molecule has 2 aromatic rings. The fraction of sp³-hybridized carbons (Fsp3) is 0.438. The van der Waals surface area contributed by atoms with Gasteiger partial charge >= 0.3 is 0 Å². The van der Waals surface area contributed by atoms with Gasteiger partial charge in [0.1, 0.15) is 12.5 Å². The lowest BCUT2D eigenvalue weighted by atomic mass is 10.1.